The minimum atomic E-state index is -0.657. The molecule has 0 heterocycles. The predicted octanol–water partition coefficient (Wildman–Crippen LogP) is 7.39. The topological polar surface area (TPSA) is 77.8 Å². The van der Waals surface area contributed by atoms with Gasteiger partial charge in [-0.05, 0) is 92.1 Å². The first-order chi connectivity index (χ1) is 18.6. The summed E-state index contributed by atoms with van der Waals surface area (Å²) in [5, 5.41) is 31.4. The summed E-state index contributed by atoms with van der Waals surface area (Å²) in [6, 6.07) is 0. The normalized spacial score (nSPS) is 35.9. The zero-order valence-electron chi connectivity index (χ0n) is 24.8. The fraction of sp³-hybridized carbons (Fsp3) is 0.743. The molecule has 39 heavy (non-hydrogen) atoms. The van der Waals surface area contributed by atoms with Crippen molar-refractivity contribution in [2.24, 2.45) is 28.6 Å². The van der Waals surface area contributed by atoms with Crippen LogP contribution < -0.4 is 0 Å². The number of allylic oxidation sites excluding steroid dienone is 4. The second-order valence-corrected chi connectivity index (χ2v) is 13.6. The SMILES string of the molecule is C=C1/C(=C\C=C2/CCC[C@]3(C)[C@@H]([C@H](C)/C=C/[C@@H](O)C4(C(=O)CCCCCCC)CC4)CC[C@@H]23)C[C@@H](O)C[C@@H]1O. The second kappa shape index (κ2) is 13.0. The molecule has 0 aliphatic heterocycles. The van der Waals surface area contributed by atoms with Gasteiger partial charge in [-0.3, -0.25) is 4.79 Å². The quantitative estimate of drug-likeness (QED) is 0.179. The number of hydrogen-bond donors (Lipinski definition) is 3. The molecule has 4 saturated carbocycles. The fourth-order valence-corrected chi connectivity index (χ4v) is 8.22. The van der Waals surface area contributed by atoms with Crippen LogP contribution in [-0.4, -0.2) is 39.4 Å². The largest absolute Gasteiger partial charge is 0.393 e. The van der Waals surface area contributed by atoms with E-state index in [1.165, 1.54) is 50.5 Å². The van der Waals surface area contributed by atoms with Crippen molar-refractivity contribution in [3.8, 4) is 0 Å². The van der Waals surface area contributed by atoms with Gasteiger partial charge in [0.05, 0.1) is 23.7 Å². The maximum atomic E-state index is 13.0. The molecule has 4 rings (SSSR count). The molecule has 4 heteroatoms. The lowest BCUT2D eigenvalue weighted by atomic mass is 9.61. The van der Waals surface area contributed by atoms with Crippen molar-refractivity contribution in [3.63, 3.8) is 0 Å². The zero-order valence-corrected chi connectivity index (χ0v) is 24.8. The highest BCUT2D eigenvalue weighted by Crippen LogP contribution is 2.60. The molecule has 0 saturated heterocycles. The van der Waals surface area contributed by atoms with Crippen LogP contribution in [0, 0.1) is 28.6 Å². The van der Waals surface area contributed by atoms with Gasteiger partial charge in [-0.1, -0.05) is 82.9 Å². The molecule has 4 aliphatic rings. The molecule has 4 aliphatic carbocycles. The molecule has 0 aromatic heterocycles. The molecule has 3 N–H and O–H groups in total. The van der Waals surface area contributed by atoms with Crippen LogP contribution in [0.3, 0.4) is 0 Å². The van der Waals surface area contributed by atoms with Gasteiger partial charge in [0.2, 0.25) is 0 Å². The van der Waals surface area contributed by atoms with Gasteiger partial charge in [0.15, 0.2) is 0 Å². The first-order valence-corrected chi connectivity index (χ1v) is 16.0. The van der Waals surface area contributed by atoms with Crippen LogP contribution >= 0.6 is 0 Å². The van der Waals surface area contributed by atoms with Crippen molar-refractivity contribution in [2.45, 2.75) is 135 Å². The molecular weight excluding hydrogens is 484 g/mol. The third kappa shape index (κ3) is 6.71. The first kappa shape index (κ1) is 30.5. The molecule has 0 spiro atoms. The minimum Gasteiger partial charge on any atom is -0.393 e. The Labute approximate surface area is 237 Å². The zero-order chi connectivity index (χ0) is 28.2. The number of carbonyl (C=O) groups excluding carboxylic acids is 1. The van der Waals surface area contributed by atoms with Crippen molar-refractivity contribution in [2.75, 3.05) is 0 Å². The Balaban J connectivity index is 1.37. The van der Waals surface area contributed by atoms with E-state index in [4.69, 9.17) is 0 Å². The third-order valence-electron chi connectivity index (χ3n) is 11.0. The van der Waals surface area contributed by atoms with Crippen LogP contribution in [0.25, 0.3) is 0 Å². The van der Waals surface area contributed by atoms with E-state index in [0.29, 0.717) is 37.0 Å². The van der Waals surface area contributed by atoms with Gasteiger partial charge in [-0.15, -0.1) is 0 Å². The average molecular weight is 539 g/mol. The number of aliphatic hydroxyl groups excluding tert-OH is 3. The molecule has 4 nitrogen and oxygen atoms in total. The number of fused-ring (bicyclic) bond motifs is 1. The highest BCUT2D eigenvalue weighted by atomic mass is 16.3. The maximum absolute atomic E-state index is 13.0. The number of rotatable bonds is 12. The Bertz CT molecular complexity index is 969. The van der Waals surface area contributed by atoms with Gasteiger partial charge in [0.1, 0.15) is 5.78 Å². The molecule has 0 amide bonds. The number of unbranched alkanes of at least 4 members (excludes halogenated alkanes) is 4. The lowest BCUT2D eigenvalue weighted by Gasteiger charge is -2.44. The van der Waals surface area contributed by atoms with Crippen LogP contribution in [-0.2, 0) is 4.79 Å². The summed E-state index contributed by atoms with van der Waals surface area (Å²) in [5.41, 5.74) is 2.94. The summed E-state index contributed by atoms with van der Waals surface area (Å²) in [6.45, 7) is 11.0. The van der Waals surface area contributed by atoms with Crippen LogP contribution in [0.2, 0.25) is 0 Å². The van der Waals surface area contributed by atoms with Gasteiger partial charge in [-0.25, -0.2) is 0 Å². The molecule has 0 bridgehead atoms. The van der Waals surface area contributed by atoms with Crippen molar-refractivity contribution in [1.29, 1.82) is 0 Å². The number of hydrogen-bond acceptors (Lipinski definition) is 4. The second-order valence-electron chi connectivity index (χ2n) is 13.6. The predicted molar refractivity (Wildman–Crippen MR) is 159 cm³/mol. The van der Waals surface area contributed by atoms with Gasteiger partial charge in [0, 0.05) is 12.8 Å². The van der Waals surface area contributed by atoms with E-state index in [2.05, 4.69) is 45.6 Å². The maximum Gasteiger partial charge on any atom is 0.141 e. The molecule has 0 aromatic rings. The van der Waals surface area contributed by atoms with Crippen molar-refractivity contribution in [3.05, 3.63) is 47.6 Å². The van der Waals surface area contributed by atoms with Crippen molar-refractivity contribution in [1.82, 2.24) is 0 Å². The van der Waals surface area contributed by atoms with Gasteiger partial charge >= 0.3 is 0 Å². The molecule has 7 atom stereocenters. The van der Waals surface area contributed by atoms with E-state index in [9.17, 15) is 20.1 Å². The Hall–Kier alpha value is -1.49. The summed E-state index contributed by atoms with van der Waals surface area (Å²) in [4.78, 5) is 13.0. The van der Waals surface area contributed by atoms with Crippen LogP contribution in [0.4, 0.5) is 0 Å². The lowest BCUT2D eigenvalue weighted by Crippen LogP contribution is -2.35. The minimum absolute atomic E-state index is 0.228. The smallest absolute Gasteiger partial charge is 0.141 e. The van der Waals surface area contributed by atoms with E-state index < -0.39 is 23.7 Å². The van der Waals surface area contributed by atoms with Crippen LogP contribution in [0.15, 0.2) is 47.6 Å². The van der Waals surface area contributed by atoms with Gasteiger partial charge in [-0.2, -0.15) is 0 Å². The molecule has 0 radical (unpaired) electrons. The Morgan fingerprint density at radius 3 is 2.54 bits per heavy atom. The van der Waals surface area contributed by atoms with Crippen LogP contribution in [0.5, 0.6) is 0 Å². The highest BCUT2D eigenvalue weighted by molar-refractivity contribution is 5.88. The van der Waals surface area contributed by atoms with E-state index in [1.807, 2.05) is 6.08 Å². The van der Waals surface area contributed by atoms with E-state index in [0.717, 1.165) is 43.3 Å². The van der Waals surface area contributed by atoms with Gasteiger partial charge < -0.3 is 15.3 Å². The fourth-order valence-electron chi connectivity index (χ4n) is 8.22. The Kier molecular flexibility index (Phi) is 10.2. The van der Waals surface area contributed by atoms with Gasteiger partial charge in [0.25, 0.3) is 0 Å². The first-order valence-electron chi connectivity index (χ1n) is 16.0. The van der Waals surface area contributed by atoms with E-state index in [1.54, 1.807) is 0 Å². The number of aliphatic hydroxyl groups is 3. The third-order valence-corrected chi connectivity index (χ3v) is 11.0. The monoisotopic (exact) mass is 538 g/mol. The number of Topliss-reactive ketones (excluding diaryl/α,β-unsaturated/α-hetero) is 1. The summed E-state index contributed by atoms with van der Waals surface area (Å²) in [5.74, 6) is 1.73. The lowest BCUT2D eigenvalue weighted by molar-refractivity contribution is -0.127. The summed E-state index contributed by atoms with van der Waals surface area (Å²) in [7, 11) is 0. The summed E-state index contributed by atoms with van der Waals surface area (Å²) < 4.78 is 0. The molecular formula is C35H54O4. The standard InChI is InChI=1S/C35H54O4/c1-5-6-7-8-9-12-32(38)35(20-21-35)33(39)18-13-24(2)29-16-17-30-26(11-10-19-34(29,30)4)14-15-27-22-28(36)23-31(37)25(27)3/h13-15,18,24,28-31,33,36-37,39H,3,5-12,16-17,19-23H2,1-2,4H3/b18-13+,26-14+,27-15-/t24-,28-,29-,30+,31+,33-,34-/m1/s1. The molecule has 4 fully saturated rings. The number of carbonyl (C=O) groups is 1. The average Bonchev–Trinajstić information content (AvgIpc) is 3.64. The molecule has 0 unspecified atom stereocenters. The molecule has 0 aromatic carbocycles. The van der Waals surface area contributed by atoms with E-state index >= 15 is 0 Å². The van der Waals surface area contributed by atoms with Crippen molar-refractivity contribution < 1.29 is 20.1 Å². The Morgan fingerprint density at radius 1 is 1.08 bits per heavy atom. The van der Waals surface area contributed by atoms with E-state index in [-0.39, 0.29) is 11.2 Å². The van der Waals surface area contributed by atoms with Crippen LogP contribution in [0.1, 0.15) is 117 Å². The highest BCUT2D eigenvalue weighted by Gasteiger charge is 2.54. The Morgan fingerprint density at radius 2 is 1.82 bits per heavy atom. The van der Waals surface area contributed by atoms with Crippen molar-refractivity contribution >= 4 is 5.78 Å². The number of ketones is 1. The summed E-state index contributed by atoms with van der Waals surface area (Å²) in [6.07, 6.45) is 21.6. The summed E-state index contributed by atoms with van der Waals surface area (Å²) >= 11 is 0. The molecule has 218 valence electrons.